The average Bonchev–Trinajstić information content (AvgIpc) is 2.74. The predicted molar refractivity (Wildman–Crippen MR) is 123 cm³/mol. The predicted octanol–water partition coefficient (Wildman–Crippen LogP) is 7.24. The van der Waals surface area contributed by atoms with E-state index in [0.29, 0.717) is 25.6 Å². The number of unbranched alkanes of at least 4 members (excludes halogenated alkanes) is 10. The Bertz CT molecular complexity index is 446. The van der Waals surface area contributed by atoms with E-state index < -0.39 is 0 Å². The van der Waals surface area contributed by atoms with Crippen molar-refractivity contribution in [1.82, 2.24) is 0 Å². The molecule has 0 saturated heterocycles. The first-order chi connectivity index (χ1) is 14.5. The van der Waals surface area contributed by atoms with Crippen molar-refractivity contribution in [2.24, 2.45) is 17.8 Å². The van der Waals surface area contributed by atoms with Crippen LogP contribution >= 0.6 is 0 Å². The summed E-state index contributed by atoms with van der Waals surface area (Å²) in [5.41, 5.74) is 0. The third-order valence-corrected chi connectivity index (χ3v) is 6.27. The van der Waals surface area contributed by atoms with Crippen molar-refractivity contribution in [3.63, 3.8) is 0 Å². The summed E-state index contributed by atoms with van der Waals surface area (Å²) in [6.07, 6.45) is 18.2. The topological polar surface area (TPSA) is 52.6 Å². The third-order valence-electron chi connectivity index (χ3n) is 6.27. The van der Waals surface area contributed by atoms with Crippen molar-refractivity contribution >= 4 is 11.9 Å². The maximum Gasteiger partial charge on any atom is 0.308 e. The molecule has 0 spiro atoms. The summed E-state index contributed by atoms with van der Waals surface area (Å²) < 4.78 is 10.9. The van der Waals surface area contributed by atoms with E-state index in [4.69, 9.17) is 9.47 Å². The fourth-order valence-electron chi connectivity index (χ4n) is 4.19. The standard InChI is InChI=1S/C26H48O4/c1-4-5-6-7-8-9-10-11-12-13-14-19-29-25(27)23-16-15-17-24(21-23)26(28)30-20-18-22(2)3/h22-24H,4-21H2,1-3H3. The molecule has 176 valence electrons. The Labute approximate surface area is 185 Å². The van der Waals surface area contributed by atoms with Gasteiger partial charge in [-0.3, -0.25) is 9.59 Å². The molecule has 4 nitrogen and oxygen atoms in total. The molecule has 0 aromatic rings. The van der Waals surface area contributed by atoms with Crippen LogP contribution < -0.4 is 0 Å². The molecule has 0 N–H and O–H groups in total. The molecule has 2 unspecified atom stereocenters. The number of ether oxygens (including phenoxy) is 2. The minimum atomic E-state index is -0.134. The summed E-state index contributed by atoms with van der Waals surface area (Å²) in [5, 5.41) is 0. The Morgan fingerprint density at radius 1 is 0.733 bits per heavy atom. The van der Waals surface area contributed by atoms with Gasteiger partial charge in [0.1, 0.15) is 0 Å². The lowest BCUT2D eigenvalue weighted by atomic mass is 9.81. The maximum absolute atomic E-state index is 12.4. The van der Waals surface area contributed by atoms with Crippen LogP contribution in [0.2, 0.25) is 0 Å². The molecule has 0 aromatic carbocycles. The van der Waals surface area contributed by atoms with Gasteiger partial charge in [0.05, 0.1) is 25.0 Å². The highest BCUT2D eigenvalue weighted by Gasteiger charge is 2.32. The first-order valence-electron chi connectivity index (χ1n) is 12.9. The van der Waals surface area contributed by atoms with Gasteiger partial charge >= 0.3 is 11.9 Å². The molecular weight excluding hydrogens is 376 g/mol. The van der Waals surface area contributed by atoms with Gasteiger partial charge in [0.15, 0.2) is 0 Å². The van der Waals surface area contributed by atoms with Crippen molar-refractivity contribution in [3.05, 3.63) is 0 Å². The zero-order valence-corrected chi connectivity index (χ0v) is 20.1. The molecular formula is C26H48O4. The molecule has 2 atom stereocenters. The number of esters is 2. The number of rotatable bonds is 17. The first-order valence-corrected chi connectivity index (χ1v) is 12.9. The van der Waals surface area contributed by atoms with E-state index in [1.165, 1.54) is 57.8 Å². The third kappa shape index (κ3) is 13.3. The lowest BCUT2D eigenvalue weighted by Gasteiger charge is -2.26. The van der Waals surface area contributed by atoms with Gasteiger partial charge in [0.25, 0.3) is 0 Å². The molecule has 0 bridgehead atoms. The van der Waals surface area contributed by atoms with E-state index in [9.17, 15) is 9.59 Å². The zero-order chi connectivity index (χ0) is 22.0. The summed E-state index contributed by atoms with van der Waals surface area (Å²) in [6, 6.07) is 0. The second-order valence-electron chi connectivity index (χ2n) is 9.61. The molecule has 0 heterocycles. The van der Waals surface area contributed by atoms with Crippen LogP contribution in [0.5, 0.6) is 0 Å². The molecule has 1 aliphatic carbocycles. The van der Waals surface area contributed by atoms with Gasteiger partial charge in [-0.05, 0) is 38.0 Å². The van der Waals surface area contributed by atoms with E-state index in [1.54, 1.807) is 0 Å². The van der Waals surface area contributed by atoms with Gasteiger partial charge in [-0.25, -0.2) is 0 Å². The SMILES string of the molecule is CCCCCCCCCCCCCOC(=O)C1CCCC(C(=O)OCCC(C)C)C1. The number of carbonyl (C=O) groups excluding carboxylic acids is 2. The Morgan fingerprint density at radius 2 is 1.20 bits per heavy atom. The van der Waals surface area contributed by atoms with E-state index in [0.717, 1.165) is 38.5 Å². The molecule has 30 heavy (non-hydrogen) atoms. The Hall–Kier alpha value is -1.06. The summed E-state index contributed by atoms with van der Waals surface area (Å²) in [6.45, 7) is 7.51. The van der Waals surface area contributed by atoms with Crippen LogP contribution in [-0.4, -0.2) is 25.2 Å². The lowest BCUT2D eigenvalue weighted by molar-refractivity contribution is -0.155. The van der Waals surface area contributed by atoms with Crippen LogP contribution in [-0.2, 0) is 19.1 Å². The van der Waals surface area contributed by atoms with E-state index >= 15 is 0 Å². The molecule has 1 saturated carbocycles. The fourth-order valence-corrected chi connectivity index (χ4v) is 4.19. The van der Waals surface area contributed by atoms with E-state index in [2.05, 4.69) is 20.8 Å². The monoisotopic (exact) mass is 424 g/mol. The van der Waals surface area contributed by atoms with Crippen LogP contribution in [0.1, 0.15) is 124 Å². The second kappa shape index (κ2) is 17.6. The van der Waals surface area contributed by atoms with E-state index in [1.807, 2.05) is 0 Å². The minimum absolute atomic E-state index is 0.109. The van der Waals surface area contributed by atoms with Gasteiger partial charge in [-0.15, -0.1) is 0 Å². The Balaban J connectivity index is 2.04. The fraction of sp³-hybridized carbons (Fsp3) is 0.923. The normalized spacial score (nSPS) is 19.1. The molecule has 1 aliphatic rings. The van der Waals surface area contributed by atoms with Gasteiger partial charge in [-0.2, -0.15) is 0 Å². The molecule has 0 amide bonds. The van der Waals surface area contributed by atoms with Crippen molar-refractivity contribution in [2.75, 3.05) is 13.2 Å². The number of hydrogen-bond donors (Lipinski definition) is 0. The van der Waals surface area contributed by atoms with E-state index in [-0.39, 0.29) is 23.8 Å². The largest absolute Gasteiger partial charge is 0.465 e. The highest BCUT2D eigenvalue weighted by Crippen LogP contribution is 2.31. The summed E-state index contributed by atoms with van der Waals surface area (Å²) >= 11 is 0. The van der Waals surface area contributed by atoms with Gasteiger partial charge in [-0.1, -0.05) is 91.4 Å². The molecule has 1 rings (SSSR count). The average molecular weight is 425 g/mol. The van der Waals surface area contributed by atoms with Crippen LogP contribution in [0, 0.1) is 17.8 Å². The van der Waals surface area contributed by atoms with Crippen molar-refractivity contribution in [2.45, 2.75) is 124 Å². The van der Waals surface area contributed by atoms with Crippen molar-refractivity contribution < 1.29 is 19.1 Å². The van der Waals surface area contributed by atoms with Crippen LogP contribution in [0.25, 0.3) is 0 Å². The summed E-state index contributed by atoms with van der Waals surface area (Å²) in [7, 11) is 0. The molecule has 4 heteroatoms. The van der Waals surface area contributed by atoms with Crippen LogP contribution in [0.15, 0.2) is 0 Å². The Kier molecular flexibility index (Phi) is 15.8. The zero-order valence-electron chi connectivity index (χ0n) is 20.1. The van der Waals surface area contributed by atoms with Crippen LogP contribution in [0.4, 0.5) is 0 Å². The maximum atomic E-state index is 12.4. The quantitative estimate of drug-likeness (QED) is 0.182. The number of carbonyl (C=O) groups is 2. The first kappa shape index (κ1) is 27.0. The molecule has 0 aliphatic heterocycles. The second-order valence-corrected chi connectivity index (χ2v) is 9.61. The highest BCUT2D eigenvalue weighted by molar-refractivity contribution is 5.76. The number of hydrogen-bond acceptors (Lipinski definition) is 4. The Morgan fingerprint density at radius 3 is 1.70 bits per heavy atom. The van der Waals surface area contributed by atoms with Gasteiger partial charge in [0, 0.05) is 0 Å². The van der Waals surface area contributed by atoms with Crippen LogP contribution in [0.3, 0.4) is 0 Å². The highest BCUT2D eigenvalue weighted by atomic mass is 16.5. The van der Waals surface area contributed by atoms with Crippen molar-refractivity contribution in [1.29, 1.82) is 0 Å². The van der Waals surface area contributed by atoms with Crippen molar-refractivity contribution in [3.8, 4) is 0 Å². The van der Waals surface area contributed by atoms with Gasteiger partial charge < -0.3 is 9.47 Å². The summed E-state index contributed by atoms with van der Waals surface area (Å²) in [4.78, 5) is 24.6. The minimum Gasteiger partial charge on any atom is -0.465 e. The molecule has 0 radical (unpaired) electrons. The summed E-state index contributed by atoms with van der Waals surface area (Å²) in [5.74, 6) is 0.0299. The lowest BCUT2D eigenvalue weighted by Crippen LogP contribution is -2.30. The molecule has 1 fully saturated rings. The van der Waals surface area contributed by atoms with Gasteiger partial charge in [0.2, 0.25) is 0 Å². The molecule has 0 aromatic heterocycles. The smallest absolute Gasteiger partial charge is 0.308 e.